The Kier molecular flexibility index (Phi) is 6.22. The number of carbonyl (C=O) groups is 3. The van der Waals surface area contributed by atoms with Crippen LogP contribution in [0.15, 0.2) is 57.9 Å². The summed E-state index contributed by atoms with van der Waals surface area (Å²) in [5.74, 6) is -5.38. The molecular formula is C25H21ClN2O6S2. The van der Waals surface area contributed by atoms with Gasteiger partial charge in [0.25, 0.3) is 5.91 Å². The second kappa shape index (κ2) is 9.10. The van der Waals surface area contributed by atoms with E-state index in [1.807, 2.05) is 6.92 Å². The fourth-order valence-electron chi connectivity index (χ4n) is 5.17. The third-order valence-corrected chi connectivity index (χ3v) is 9.32. The van der Waals surface area contributed by atoms with Crippen LogP contribution >= 0.6 is 35.6 Å². The molecule has 5 rings (SSSR count). The molecule has 0 bridgehead atoms. The molecule has 0 aromatic heterocycles. The van der Waals surface area contributed by atoms with Crippen molar-refractivity contribution in [1.29, 1.82) is 0 Å². The maximum Gasteiger partial charge on any atom is 0.276 e. The Morgan fingerprint density at radius 2 is 1.94 bits per heavy atom. The Labute approximate surface area is 220 Å². The number of allylic oxidation sites excluding steroid dienone is 4. The van der Waals surface area contributed by atoms with Crippen LogP contribution in [0, 0.1) is 17.8 Å². The van der Waals surface area contributed by atoms with E-state index in [4.69, 9.17) is 23.8 Å². The van der Waals surface area contributed by atoms with E-state index in [1.54, 1.807) is 18.2 Å². The van der Waals surface area contributed by atoms with Crippen molar-refractivity contribution < 1.29 is 29.7 Å². The Hall–Kier alpha value is -3.08. The summed E-state index contributed by atoms with van der Waals surface area (Å²) in [5.41, 5.74) is 5.25. The van der Waals surface area contributed by atoms with Gasteiger partial charge in [-0.1, -0.05) is 36.8 Å². The summed E-state index contributed by atoms with van der Waals surface area (Å²) in [5, 5.41) is 32.2. The van der Waals surface area contributed by atoms with Gasteiger partial charge in [0.15, 0.2) is 11.6 Å². The van der Waals surface area contributed by atoms with Crippen LogP contribution in [0.1, 0.15) is 25.3 Å². The number of phenolic OH excluding ortho intramolecular Hbond substituents is 1. The van der Waals surface area contributed by atoms with Crippen molar-refractivity contribution in [2.24, 2.45) is 17.8 Å². The molecule has 11 heteroatoms. The number of aliphatic hydroxyl groups is 2. The van der Waals surface area contributed by atoms with Crippen molar-refractivity contribution in [3.63, 3.8) is 0 Å². The van der Waals surface area contributed by atoms with E-state index in [1.165, 1.54) is 23.9 Å². The van der Waals surface area contributed by atoms with Gasteiger partial charge in [0.2, 0.25) is 0 Å². The number of amides is 1. The molecule has 1 aromatic rings. The van der Waals surface area contributed by atoms with Crippen LogP contribution in [-0.2, 0) is 14.4 Å². The molecule has 186 valence electrons. The van der Waals surface area contributed by atoms with Gasteiger partial charge in [-0.15, -0.1) is 11.8 Å². The summed E-state index contributed by atoms with van der Waals surface area (Å²) >= 11 is 12.6. The summed E-state index contributed by atoms with van der Waals surface area (Å²) in [6.45, 7) is 1.83. The number of carbonyl (C=O) groups excluding carboxylic acids is 3. The molecule has 36 heavy (non-hydrogen) atoms. The number of halogens is 1. The fraction of sp³-hybridized carbons (Fsp3) is 0.280. The molecule has 4 unspecified atom stereocenters. The minimum absolute atomic E-state index is 0.0334. The first-order valence-electron chi connectivity index (χ1n) is 11.2. The average molecular weight is 545 g/mol. The zero-order chi connectivity index (χ0) is 25.9. The summed E-state index contributed by atoms with van der Waals surface area (Å²) in [6, 6.07) is 2.83. The van der Waals surface area contributed by atoms with Gasteiger partial charge >= 0.3 is 0 Å². The quantitative estimate of drug-likeness (QED) is 0.218. The second-order valence-corrected chi connectivity index (χ2v) is 11.1. The Morgan fingerprint density at radius 3 is 2.64 bits per heavy atom. The monoisotopic (exact) mass is 544 g/mol. The largest absolute Gasteiger partial charge is 0.511 e. The smallest absolute Gasteiger partial charge is 0.276 e. The van der Waals surface area contributed by atoms with E-state index in [9.17, 15) is 29.7 Å². The molecule has 4 atom stereocenters. The maximum absolute atomic E-state index is 13.6. The standard InChI is InChI=1S/C25H21ClN2O6S2/c1-9-12-8-15(30)18(25(34)28-27-10-2-4-11(35)5-3-10)20(31)16(12)21(32)19-22(33)17-14(29)7-6-13(26)24(17)36-23(9)19/h2-4,6-7,9,12,16,23,27,29,31,33H,5,8H2,1H3,(H,28,34). The van der Waals surface area contributed by atoms with Crippen molar-refractivity contribution in [1.82, 2.24) is 10.9 Å². The number of phenols is 1. The number of hydrogen-bond donors (Lipinski definition) is 5. The Balaban J connectivity index is 1.50. The van der Waals surface area contributed by atoms with E-state index in [2.05, 4.69) is 10.9 Å². The van der Waals surface area contributed by atoms with Crippen molar-refractivity contribution in [3.05, 3.63) is 63.5 Å². The summed E-state index contributed by atoms with van der Waals surface area (Å²) < 4.78 is 0. The second-order valence-electron chi connectivity index (χ2n) is 9.07. The summed E-state index contributed by atoms with van der Waals surface area (Å²) in [6.07, 6.45) is 5.54. The first-order valence-corrected chi connectivity index (χ1v) is 12.9. The molecule has 1 saturated carbocycles. The molecule has 1 aromatic carbocycles. The predicted molar refractivity (Wildman–Crippen MR) is 138 cm³/mol. The first-order chi connectivity index (χ1) is 17.1. The van der Waals surface area contributed by atoms with Crippen LogP contribution in [-0.4, -0.2) is 42.9 Å². The van der Waals surface area contributed by atoms with E-state index in [0.29, 0.717) is 22.0 Å². The van der Waals surface area contributed by atoms with Crippen molar-refractivity contribution in [3.8, 4) is 5.75 Å². The highest BCUT2D eigenvalue weighted by Crippen LogP contribution is 2.56. The molecule has 5 N–H and O–H groups in total. The van der Waals surface area contributed by atoms with Gasteiger partial charge in [0, 0.05) is 27.9 Å². The van der Waals surface area contributed by atoms with Gasteiger partial charge in [-0.3, -0.25) is 25.2 Å². The van der Waals surface area contributed by atoms with Gasteiger partial charge in [0.05, 0.1) is 27.8 Å². The molecule has 1 heterocycles. The van der Waals surface area contributed by atoms with E-state index < -0.39 is 51.7 Å². The van der Waals surface area contributed by atoms with Crippen LogP contribution < -0.4 is 10.9 Å². The molecule has 3 aliphatic carbocycles. The number of nitrogens with one attached hydrogen (secondary N) is 2. The number of Topliss-reactive ketones (excluding diaryl/α,β-unsaturated/α-hetero) is 2. The molecule has 1 amide bonds. The maximum atomic E-state index is 13.6. The minimum Gasteiger partial charge on any atom is -0.511 e. The molecule has 0 radical (unpaired) electrons. The topological polar surface area (TPSA) is 136 Å². The SMILES string of the molecule is CC1C2Sc3c(Cl)ccc(O)c3C(O)=C2C(=O)C2C(O)=C(C(=O)NNC3=CCC(=S)C=C3)C(=O)CC21. The van der Waals surface area contributed by atoms with E-state index in [0.717, 1.165) is 4.86 Å². The number of benzene rings is 1. The molecule has 8 nitrogen and oxygen atoms in total. The number of rotatable bonds is 3. The third kappa shape index (κ3) is 3.84. The van der Waals surface area contributed by atoms with E-state index in [-0.39, 0.29) is 29.2 Å². The van der Waals surface area contributed by atoms with Crippen molar-refractivity contribution in [2.75, 3.05) is 0 Å². The highest BCUT2D eigenvalue weighted by Gasteiger charge is 2.54. The zero-order valence-electron chi connectivity index (χ0n) is 18.9. The van der Waals surface area contributed by atoms with Gasteiger partial charge < -0.3 is 15.3 Å². The van der Waals surface area contributed by atoms with Gasteiger partial charge in [-0.25, -0.2) is 0 Å². The van der Waals surface area contributed by atoms with Crippen LogP contribution in [0.2, 0.25) is 5.02 Å². The highest BCUT2D eigenvalue weighted by molar-refractivity contribution is 8.00. The zero-order valence-corrected chi connectivity index (χ0v) is 21.3. The van der Waals surface area contributed by atoms with Gasteiger partial charge in [-0.2, -0.15) is 0 Å². The minimum atomic E-state index is -1.18. The van der Waals surface area contributed by atoms with E-state index >= 15 is 0 Å². The van der Waals surface area contributed by atoms with Crippen LogP contribution in [0.3, 0.4) is 0 Å². The lowest BCUT2D eigenvalue weighted by Gasteiger charge is -2.45. The van der Waals surface area contributed by atoms with Gasteiger partial charge in [0.1, 0.15) is 22.8 Å². The molecule has 0 spiro atoms. The third-order valence-electron chi connectivity index (χ3n) is 7.01. The number of thioether (sulfide) groups is 1. The number of hydrazine groups is 1. The number of aromatic hydroxyl groups is 1. The Morgan fingerprint density at radius 1 is 1.19 bits per heavy atom. The average Bonchev–Trinajstić information content (AvgIpc) is 2.83. The number of aliphatic hydroxyl groups excluding tert-OH is 2. The van der Waals surface area contributed by atoms with Crippen LogP contribution in [0.4, 0.5) is 0 Å². The fourth-order valence-corrected chi connectivity index (χ4v) is 7.12. The molecule has 1 fully saturated rings. The lowest BCUT2D eigenvalue weighted by molar-refractivity contribution is -0.128. The number of fused-ring (bicyclic) bond motifs is 3. The normalized spacial score (nSPS) is 27.3. The highest BCUT2D eigenvalue weighted by atomic mass is 35.5. The number of hydrogen-bond acceptors (Lipinski definition) is 9. The van der Waals surface area contributed by atoms with Crippen LogP contribution in [0.5, 0.6) is 5.75 Å². The van der Waals surface area contributed by atoms with Crippen LogP contribution in [0.25, 0.3) is 5.76 Å². The van der Waals surface area contributed by atoms with Crippen molar-refractivity contribution >= 4 is 63.7 Å². The number of thiocarbonyl (C=S) groups is 1. The summed E-state index contributed by atoms with van der Waals surface area (Å²) in [4.78, 5) is 40.7. The molecular weight excluding hydrogens is 524 g/mol. The van der Waals surface area contributed by atoms with Gasteiger partial charge in [-0.05, 0) is 36.1 Å². The lowest BCUT2D eigenvalue weighted by Crippen LogP contribution is -2.50. The Bertz CT molecular complexity index is 1380. The molecule has 4 aliphatic rings. The lowest BCUT2D eigenvalue weighted by atomic mass is 9.63. The number of ketones is 2. The van der Waals surface area contributed by atoms with Crippen molar-refractivity contribution in [2.45, 2.75) is 29.9 Å². The molecule has 1 aliphatic heterocycles. The molecule has 0 saturated heterocycles. The first kappa shape index (κ1) is 24.6. The predicted octanol–water partition coefficient (Wildman–Crippen LogP) is 3.86. The summed E-state index contributed by atoms with van der Waals surface area (Å²) in [7, 11) is 0.